The predicted octanol–water partition coefficient (Wildman–Crippen LogP) is 2.19. The molecule has 0 saturated carbocycles. The van der Waals surface area contributed by atoms with Crippen LogP contribution in [0.3, 0.4) is 0 Å². The van der Waals surface area contributed by atoms with Crippen LogP contribution in [0.1, 0.15) is 11.3 Å². The SMILES string of the molecule is Cc1ccn(-c2ncc(CN)c3ccccc23)n1. The van der Waals surface area contributed by atoms with Crippen molar-refractivity contribution in [3.05, 3.63) is 54.0 Å². The maximum atomic E-state index is 5.75. The Morgan fingerprint density at radius 1 is 1.17 bits per heavy atom. The molecule has 0 radical (unpaired) electrons. The molecule has 3 aromatic rings. The zero-order valence-electron chi connectivity index (χ0n) is 10.2. The molecule has 0 saturated heterocycles. The molecule has 2 N–H and O–H groups in total. The third-order valence-corrected chi connectivity index (χ3v) is 3.02. The van der Waals surface area contributed by atoms with Gasteiger partial charge in [0.2, 0.25) is 0 Å². The van der Waals surface area contributed by atoms with Gasteiger partial charge in [0, 0.05) is 24.3 Å². The van der Waals surface area contributed by atoms with Crippen LogP contribution in [0.2, 0.25) is 0 Å². The monoisotopic (exact) mass is 238 g/mol. The summed E-state index contributed by atoms with van der Waals surface area (Å²) in [6, 6.07) is 10.1. The van der Waals surface area contributed by atoms with E-state index in [0.717, 1.165) is 27.8 Å². The minimum absolute atomic E-state index is 0.492. The van der Waals surface area contributed by atoms with Gasteiger partial charge in [0.25, 0.3) is 0 Å². The first-order chi connectivity index (χ1) is 8.79. The summed E-state index contributed by atoms with van der Waals surface area (Å²) in [6.45, 7) is 2.46. The Balaban J connectivity index is 2.31. The van der Waals surface area contributed by atoms with Crippen LogP contribution in [0, 0.1) is 6.92 Å². The number of aromatic nitrogens is 3. The van der Waals surface area contributed by atoms with Crippen molar-refractivity contribution in [3.63, 3.8) is 0 Å². The third kappa shape index (κ3) is 1.67. The third-order valence-electron chi connectivity index (χ3n) is 3.02. The number of fused-ring (bicyclic) bond motifs is 1. The van der Waals surface area contributed by atoms with Gasteiger partial charge in [-0.2, -0.15) is 5.10 Å². The van der Waals surface area contributed by atoms with Crippen molar-refractivity contribution in [2.75, 3.05) is 0 Å². The van der Waals surface area contributed by atoms with Crippen molar-refractivity contribution in [1.29, 1.82) is 0 Å². The molecule has 0 atom stereocenters. The summed E-state index contributed by atoms with van der Waals surface area (Å²) in [5.41, 5.74) is 7.78. The maximum Gasteiger partial charge on any atom is 0.161 e. The number of rotatable bonds is 2. The summed E-state index contributed by atoms with van der Waals surface area (Å²) >= 11 is 0. The summed E-state index contributed by atoms with van der Waals surface area (Å²) in [4.78, 5) is 4.48. The van der Waals surface area contributed by atoms with Gasteiger partial charge >= 0.3 is 0 Å². The van der Waals surface area contributed by atoms with Crippen molar-refractivity contribution in [3.8, 4) is 5.82 Å². The van der Waals surface area contributed by atoms with Gasteiger partial charge < -0.3 is 5.73 Å². The number of benzene rings is 1. The van der Waals surface area contributed by atoms with Crippen molar-refractivity contribution < 1.29 is 0 Å². The topological polar surface area (TPSA) is 56.7 Å². The van der Waals surface area contributed by atoms with Gasteiger partial charge in [-0.3, -0.25) is 0 Å². The number of aryl methyl sites for hydroxylation is 1. The fourth-order valence-electron chi connectivity index (χ4n) is 2.11. The predicted molar refractivity (Wildman–Crippen MR) is 71.5 cm³/mol. The van der Waals surface area contributed by atoms with Gasteiger partial charge in [0.1, 0.15) is 0 Å². The summed E-state index contributed by atoms with van der Waals surface area (Å²) in [6.07, 6.45) is 3.75. The Kier molecular flexibility index (Phi) is 2.57. The van der Waals surface area contributed by atoms with Gasteiger partial charge in [-0.25, -0.2) is 9.67 Å². The van der Waals surface area contributed by atoms with E-state index in [4.69, 9.17) is 5.73 Å². The Morgan fingerprint density at radius 3 is 2.61 bits per heavy atom. The molecule has 4 nitrogen and oxygen atoms in total. The van der Waals surface area contributed by atoms with Crippen molar-refractivity contribution in [2.45, 2.75) is 13.5 Å². The number of nitrogens with two attached hydrogens (primary N) is 1. The highest BCUT2D eigenvalue weighted by Crippen LogP contribution is 2.23. The fraction of sp³-hybridized carbons (Fsp3) is 0.143. The van der Waals surface area contributed by atoms with Crippen LogP contribution in [0.5, 0.6) is 0 Å². The molecule has 0 aliphatic rings. The number of hydrogen-bond acceptors (Lipinski definition) is 3. The van der Waals surface area contributed by atoms with Crippen LogP contribution in [0.15, 0.2) is 42.7 Å². The highest BCUT2D eigenvalue weighted by Gasteiger charge is 2.08. The molecule has 0 bridgehead atoms. The molecule has 0 aliphatic carbocycles. The van der Waals surface area contributed by atoms with E-state index in [0.29, 0.717) is 6.54 Å². The number of hydrogen-bond donors (Lipinski definition) is 1. The first-order valence-corrected chi connectivity index (χ1v) is 5.89. The summed E-state index contributed by atoms with van der Waals surface area (Å²) in [5, 5.41) is 6.62. The standard InChI is InChI=1S/C14H14N4/c1-10-6-7-18(17-10)14-13-5-3-2-4-12(13)11(8-15)9-16-14/h2-7,9H,8,15H2,1H3. The molecular weight excluding hydrogens is 224 g/mol. The zero-order chi connectivity index (χ0) is 12.5. The Bertz CT molecular complexity index is 700. The quantitative estimate of drug-likeness (QED) is 0.744. The van der Waals surface area contributed by atoms with E-state index in [1.807, 2.05) is 43.6 Å². The van der Waals surface area contributed by atoms with Crippen LogP contribution in [-0.2, 0) is 6.54 Å². The van der Waals surface area contributed by atoms with Crippen LogP contribution < -0.4 is 5.73 Å². The molecule has 0 amide bonds. The van der Waals surface area contributed by atoms with Crippen LogP contribution in [0.4, 0.5) is 0 Å². The molecular formula is C14H14N4. The van der Waals surface area contributed by atoms with Crippen molar-refractivity contribution >= 4 is 10.8 Å². The van der Waals surface area contributed by atoms with Gasteiger partial charge in [0.15, 0.2) is 5.82 Å². The highest BCUT2D eigenvalue weighted by molar-refractivity contribution is 5.90. The minimum atomic E-state index is 0.492. The summed E-state index contributed by atoms with van der Waals surface area (Å²) in [7, 11) is 0. The molecule has 0 unspecified atom stereocenters. The Hall–Kier alpha value is -2.20. The van der Waals surface area contributed by atoms with E-state index in [2.05, 4.69) is 16.1 Å². The lowest BCUT2D eigenvalue weighted by Gasteiger charge is -2.08. The van der Waals surface area contributed by atoms with Crippen LogP contribution in [-0.4, -0.2) is 14.8 Å². The summed E-state index contributed by atoms with van der Waals surface area (Å²) in [5.74, 6) is 0.843. The van der Waals surface area contributed by atoms with Crippen LogP contribution >= 0.6 is 0 Å². The van der Waals surface area contributed by atoms with Crippen molar-refractivity contribution in [1.82, 2.24) is 14.8 Å². The van der Waals surface area contributed by atoms with Crippen LogP contribution in [0.25, 0.3) is 16.6 Å². The second kappa shape index (κ2) is 4.23. The Labute approximate surface area is 105 Å². The zero-order valence-corrected chi connectivity index (χ0v) is 10.2. The number of pyridine rings is 1. The van der Waals surface area contributed by atoms with Crippen molar-refractivity contribution in [2.24, 2.45) is 5.73 Å². The number of nitrogens with zero attached hydrogens (tertiary/aromatic N) is 3. The molecule has 2 aromatic heterocycles. The molecule has 4 heteroatoms. The molecule has 0 spiro atoms. The lowest BCUT2D eigenvalue weighted by molar-refractivity contribution is 0.838. The maximum absolute atomic E-state index is 5.75. The van der Waals surface area contributed by atoms with E-state index >= 15 is 0 Å². The summed E-state index contributed by atoms with van der Waals surface area (Å²) < 4.78 is 1.80. The van der Waals surface area contributed by atoms with E-state index in [-0.39, 0.29) is 0 Å². The fourth-order valence-corrected chi connectivity index (χ4v) is 2.11. The molecule has 18 heavy (non-hydrogen) atoms. The lowest BCUT2D eigenvalue weighted by atomic mass is 10.1. The molecule has 1 aromatic carbocycles. The average molecular weight is 238 g/mol. The van der Waals surface area contributed by atoms with E-state index in [9.17, 15) is 0 Å². The average Bonchev–Trinajstić information content (AvgIpc) is 2.84. The molecule has 2 heterocycles. The molecule has 0 aliphatic heterocycles. The molecule has 0 fully saturated rings. The van der Waals surface area contributed by atoms with Gasteiger partial charge in [0.05, 0.1) is 5.69 Å². The van der Waals surface area contributed by atoms with Gasteiger partial charge in [-0.1, -0.05) is 24.3 Å². The second-order valence-corrected chi connectivity index (χ2v) is 4.26. The first kappa shape index (κ1) is 10.9. The normalized spacial score (nSPS) is 11.0. The largest absolute Gasteiger partial charge is 0.326 e. The molecule has 90 valence electrons. The smallest absolute Gasteiger partial charge is 0.161 e. The van der Waals surface area contributed by atoms with E-state index in [1.165, 1.54) is 0 Å². The molecule has 3 rings (SSSR count). The second-order valence-electron chi connectivity index (χ2n) is 4.26. The van der Waals surface area contributed by atoms with E-state index in [1.54, 1.807) is 4.68 Å². The lowest BCUT2D eigenvalue weighted by Crippen LogP contribution is -2.04. The highest BCUT2D eigenvalue weighted by atomic mass is 15.3. The first-order valence-electron chi connectivity index (χ1n) is 5.89. The van der Waals surface area contributed by atoms with E-state index < -0.39 is 0 Å². The van der Waals surface area contributed by atoms with Gasteiger partial charge in [-0.05, 0) is 23.9 Å². The minimum Gasteiger partial charge on any atom is -0.326 e. The Morgan fingerprint density at radius 2 is 1.94 bits per heavy atom. The van der Waals surface area contributed by atoms with Gasteiger partial charge in [-0.15, -0.1) is 0 Å².